The molecule has 2 rings (SSSR count). The van der Waals surface area contributed by atoms with Crippen molar-refractivity contribution in [2.45, 2.75) is 12.5 Å². The monoisotopic (exact) mass is 140 g/mol. The molecule has 0 saturated carbocycles. The van der Waals surface area contributed by atoms with Crippen LogP contribution in [0.25, 0.3) is 0 Å². The van der Waals surface area contributed by atoms with E-state index < -0.39 is 0 Å². The molecule has 0 spiro atoms. The molecule has 10 heavy (non-hydrogen) atoms. The van der Waals surface area contributed by atoms with Crippen molar-refractivity contribution in [2.75, 3.05) is 19.6 Å². The van der Waals surface area contributed by atoms with Crippen LogP contribution < -0.4 is 10.6 Å². The highest BCUT2D eigenvalue weighted by molar-refractivity contribution is 5.83. The Hall–Kier alpha value is -0.410. The van der Waals surface area contributed by atoms with E-state index in [4.69, 9.17) is 0 Å². The van der Waals surface area contributed by atoms with Crippen molar-refractivity contribution in [3.63, 3.8) is 0 Å². The molecule has 0 bridgehead atoms. The summed E-state index contributed by atoms with van der Waals surface area (Å²) in [5, 5.41) is 6.54. The van der Waals surface area contributed by atoms with Crippen LogP contribution in [0.3, 0.4) is 0 Å². The van der Waals surface area contributed by atoms with Gasteiger partial charge in [0.2, 0.25) is 0 Å². The standard InChI is InChI=1S/C7H12N2O/c10-7-1-2-9-6-4-8-3-5(6)7/h5-6,8-9H,1-4H2. The first kappa shape index (κ1) is 6.31. The van der Waals surface area contributed by atoms with Gasteiger partial charge in [0.1, 0.15) is 5.78 Å². The van der Waals surface area contributed by atoms with Gasteiger partial charge in [-0.15, -0.1) is 0 Å². The number of Topliss-reactive ketones (excluding diaryl/α,β-unsaturated/α-hetero) is 1. The quantitative estimate of drug-likeness (QED) is 0.460. The van der Waals surface area contributed by atoms with Crippen LogP contribution in [0.2, 0.25) is 0 Å². The first-order chi connectivity index (χ1) is 4.88. The fourth-order valence-electron chi connectivity index (χ4n) is 1.80. The van der Waals surface area contributed by atoms with Gasteiger partial charge in [-0.2, -0.15) is 0 Å². The molecule has 3 heteroatoms. The largest absolute Gasteiger partial charge is 0.314 e. The maximum absolute atomic E-state index is 11.2. The normalized spacial score (nSPS) is 39.8. The minimum Gasteiger partial charge on any atom is -0.314 e. The van der Waals surface area contributed by atoms with Gasteiger partial charge < -0.3 is 10.6 Å². The zero-order chi connectivity index (χ0) is 6.97. The number of ketones is 1. The third kappa shape index (κ3) is 0.859. The Morgan fingerprint density at radius 1 is 1.40 bits per heavy atom. The van der Waals surface area contributed by atoms with Crippen LogP contribution in [0.4, 0.5) is 0 Å². The summed E-state index contributed by atoms with van der Waals surface area (Å²) < 4.78 is 0. The average molecular weight is 140 g/mol. The molecule has 0 radical (unpaired) electrons. The molecule has 0 aromatic heterocycles. The molecule has 2 aliphatic rings. The molecule has 0 amide bonds. The van der Waals surface area contributed by atoms with E-state index in [1.807, 2.05) is 0 Å². The van der Waals surface area contributed by atoms with Crippen molar-refractivity contribution in [3.8, 4) is 0 Å². The van der Waals surface area contributed by atoms with Crippen LogP contribution in [0.15, 0.2) is 0 Å². The smallest absolute Gasteiger partial charge is 0.140 e. The number of hydrogen-bond donors (Lipinski definition) is 2. The fourth-order valence-corrected chi connectivity index (χ4v) is 1.80. The van der Waals surface area contributed by atoms with E-state index >= 15 is 0 Å². The number of hydrogen-bond acceptors (Lipinski definition) is 3. The van der Waals surface area contributed by atoms with Crippen LogP contribution in [0, 0.1) is 5.92 Å². The van der Waals surface area contributed by atoms with E-state index in [0.717, 1.165) is 26.1 Å². The summed E-state index contributed by atoms with van der Waals surface area (Å²) >= 11 is 0. The third-order valence-corrected chi connectivity index (χ3v) is 2.41. The van der Waals surface area contributed by atoms with Crippen molar-refractivity contribution >= 4 is 5.78 Å². The Balaban J connectivity index is 2.10. The zero-order valence-corrected chi connectivity index (χ0v) is 5.89. The van der Waals surface area contributed by atoms with Gasteiger partial charge in [0.15, 0.2) is 0 Å². The van der Waals surface area contributed by atoms with Gasteiger partial charge in [-0.1, -0.05) is 0 Å². The van der Waals surface area contributed by atoms with Gasteiger partial charge in [0.25, 0.3) is 0 Å². The molecule has 56 valence electrons. The summed E-state index contributed by atoms with van der Waals surface area (Å²) in [5.74, 6) is 0.711. The first-order valence-electron chi connectivity index (χ1n) is 3.85. The van der Waals surface area contributed by atoms with Gasteiger partial charge >= 0.3 is 0 Å². The highest BCUT2D eigenvalue weighted by atomic mass is 16.1. The summed E-state index contributed by atoms with van der Waals surface area (Å²) in [5.41, 5.74) is 0. The van der Waals surface area contributed by atoms with Gasteiger partial charge in [-0.25, -0.2) is 0 Å². The van der Waals surface area contributed by atoms with Crippen LogP contribution in [-0.2, 0) is 4.79 Å². The molecular weight excluding hydrogens is 128 g/mol. The zero-order valence-electron chi connectivity index (χ0n) is 5.89. The van der Waals surface area contributed by atoms with E-state index in [9.17, 15) is 4.79 Å². The lowest BCUT2D eigenvalue weighted by Crippen LogP contribution is -2.45. The van der Waals surface area contributed by atoms with Crippen molar-refractivity contribution in [1.29, 1.82) is 0 Å². The fraction of sp³-hybridized carbons (Fsp3) is 0.857. The van der Waals surface area contributed by atoms with Crippen LogP contribution in [-0.4, -0.2) is 31.5 Å². The minimum atomic E-state index is 0.272. The number of rotatable bonds is 0. The molecule has 3 nitrogen and oxygen atoms in total. The van der Waals surface area contributed by atoms with Crippen molar-refractivity contribution in [3.05, 3.63) is 0 Å². The van der Waals surface area contributed by atoms with Gasteiger partial charge in [0.05, 0.1) is 0 Å². The molecule has 2 N–H and O–H groups in total. The predicted octanol–water partition coefficient (Wildman–Crippen LogP) is -0.863. The SMILES string of the molecule is O=C1CCNC2CNCC12. The molecule has 2 aliphatic heterocycles. The second-order valence-corrected chi connectivity index (χ2v) is 3.04. The van der Waals surface area contributed by atoms with E-state index in [0.29, 0.717) is 11.8 Å². The maximum atomic E-state index is 11.2. The highest BCUT2D eigenvalue weighted by Crippen LogP contribution is 2.15. The topological polar surface area (TPSA) is 41.1 Å². The molecule has 0 aliphatic carbocycles. The summed E-state index contributed by atoms with van der Waals surface area (Å²) in [7, 11) is 0. The maximum Gasteiger partial charge on any atom is 0.140 e. The van der Waals surface area contributed by atoms with Gasteiger partial charge in [-0.3, -0.25) is 4.79 Å². The second-order valence-electron chi connectivity index (χ2n) is 3.04. The Morgan fingerprint density at radius 2 is 2.30 bits per heavy atom. The highest BCUT2D eigenvalue weighted by Gasteiger charge is 2.34. The van der Waals surface area contributed by atoms with Crippen molar-refractivity contribution < 1.29 is 4.79 Å². The Morgan fingerprint density at radius 3 is 3.10 bits per heavy atom. The minimum absolute atomic E-state index is 0.272. The van der Waals surface area contributed by atoms with E-state index in [1.165, 1.54) is 0 Å². The molecule has 2 fully saturated rings. The van der Waals surface area contributed by atoms with Gasteiger partial charge in [0, 0.05) is 38.0 Å². The lowest BCUT2D eigenvalue weighted by atomic mass is 9.93. The Bertz CT molecular complexity index is 158. The summed E-state index contributed by atoms with van der Waals surface area (Å²) in [6.45, 7) is 2.73. The number of carbonyl (C=O) groups is 1. The van der Waals surface area contributed by atoms with Gasteiger partial charge in [-0.05, 0) is 0 Å². The molecule has 2 atom stereocenters. The molecular formula is C7H12N2O. The molecule has 2 saturated heterocycles. The average Bonchev–Trinajstić information content (AvgIpc) is 2.36. The van der Waals surface area contributed by atoms with Crippen molar-refractivity contribution in [1.82, 2.24) is 10.6 Å². The number of carbonyl (C=O) groups excluding carboxylic acids is 1. The first-order valence-corrected chi connectivity index (χ1v) is 3.85. The molecule has 2 heterocycles. The third-order valence-electron chi connectivity index (χ3n) is 2.41. The Kier molecular flexibility index (Phi) is 1.47. The second kappa shape index (κ2) is 2.32. The van der Waals surface area contributed by atoms with Crippen LogP contribution >= 0.6 is 0 Å². The number of piperidine rings is 1. The Labute approximate surface area is 60.2 Å². The van der Waals surface area contributed by atoms with Crippen LogP contribution in [0.5, 0.6) is 0 Å². The summed E-state index contributed by atoms with van der Waals surface area (Å²) in [6, 6.07) is 0.432. The predicted molar refractivity (Wildman–Crippen MR) is 37.8 cm³/mol. The van der Waals surface area contributed by atoms with E-state index in [2.05, 4.69) is 10.6 Å². The summed E-state index contributed by atoms with van der Waals surface area (Å²) in [6.07, 6.45) is 0.725. The van der Waals surface area contributed by atoms with E-state index in [-0.39, 0.29) is 5.92 Å². The van der Waals surface area contributed by atoms with Crippen LogP contribution in [0.1, 0.15) is 6.42 Å². The summed E-state index contributed by atoms with van der Waals surface area (Å²) in [4.78, 5) is 11.2. The molecule has 0 aromatic carbocycles. The molecule has 2 unspecified atom stereocenters. The number of nitrogens with one attached hydrogen (secondary N) is 2. The number of fused-ring (bicyclic) bond motifs is 1. The molecule has 0 aromatic rings. The lowest BCUT2D eigenvalue weighted by Gasteiger charge is -2.23. The van der Waals surface area contributed by atoms with Crippen molar-refractivity contribution in [2.24, 2.45) is 5.92 Å². The lowest BCUT2D eigenvalue weighted by molar-refractivity contribution is -0.124. The van der Waals surface area contributed by atoms with E-state index in [1.54, 1.807) is 0 Å².